The number of piperidine rings is 1. The van der Waals surface area contributed by atoms with Gasteiger partial charge in [0.1, 0.15) is 0 Å². The first-order chi connectivity index (χ1) is 10.2. The van der Waals surface area contributed by atoms with Crippen molar-refractivity contribution >= 4 is 0 Å². The van der Waals surface area contributed by atoms with Gasteiger partial charge in [-0.2, -0.15) is 0 Å². The molecule has 1 saturated heterocycles. The smallest absolute Gasteiger partial charge is 0.0620 e. The van der Waals surface area contributed by atoms with Crippen molar-refractivity contribution in [3.8, 4) is 24.7 Å². The lowest BCUT2D eigenvalue weighted by Crippen LogP contribution is -2.61. The average Bonchev–Trinajstić information content (AvgIpc) is 2.47. The zero-order valence-electron chi connectivity index (χ0n) is 12.6. The van der Waals surface area contributed by atoms with E-state index >= 15 is 0 Å². The van der Waals surface area contributed by atoms with Gasteiger partial charge in [0.25, 0.3) is 0 Å². The van der Waals surface area contributed by atoms with E-state index in [-0.39, 0.29) is 17.6 Å². The Kier molecular flexibility index (Phi) is 5.68. The van der Waals surface area contributed by atoms with E-state index in [1.807, 2.05) is 6.08 Å². The third kappa shape index (κ3) is 3.79. The molecule has 1 spiro atoms. The second-order valence-corrected chi connectivity index (χ2v) is 6.21. The van der Waals surface area contributed by atoms with Gasteiger partial charge in [-0.1, -0.05) is 30.4 Å². The predicted octanol–water partition coefficient (Wildman–Crippen LogP) is 2.80. The summed E-state index contributed by atoms with van der Waals surface area (Å²) in [4.78, 5) is 0. The van der Waals surface area contributed by atoms with Crippen LogP contribution in [-0.4, -0.2) is 22.8 Å². The van der Waals surface area contributed by atoms with Crippen LogP contribution in [0.4, 0.5) is 0 Å². The molecule has 2 N–H and O–H groups in total. The van der Waals surface area contributed by atoms with Crippen LogP contribution in [0.15, 0.2) is 24.3 Å². The number of aliphatic hydroxyl groups is 1. The second kappa shape index (κ2) is 7.51. The number of terminal acetylenes is 2. The van der Waals surface area contributed by atoms with Gasteiger partial charge in [-0.3, -0.25) is 0 Å². The predicted molar refractivity (Wildman–Crippen MR) is 87.4 cm³/mol. The van der Waals surface area contributed by atoms with Gasteiger partial charge in [0.05, 0.1) is 6.10 Å². The fourth-order valence-electron chi connectivity index (χ4n) is 3.96. The normalized spacial score (nSPS) is 36.8. The quantitative estimate of drug-likeness (QED) is 0.781. The molecule has 4 unspecified atom stereocenters. The number of rotatable bonds is 3. The van der Waals surface area contributed by atoms with Crippen molar-refractivity contribution < 1.29 is 5.11 Å². The van der Waals surface area contributed by atoms with Crippen molar-refractivity contribution in [2.45, 2.75) is 62.6 Å². The van der Waals surface area contributed by atoms with E-state index in [9.17, 15) is 5.11 Å². The molecule has 1 heterocycles. The van der Waals surface area contributed by atoms with Gasteiger partial charge in [0, 0.05) is 17.5 Å². The Morgan fingerprint density at radius 2 is 1.86 bits per heavy atom. The average molecular weight is 283 g/mol. The van der Waals surface area contributed by atoms with Crippen LogP contribution in [0.1, 0.15) is 44.9 Å². The number of allylic oxidation sites excluding steroid dienone is 2. The van der Waals surface area contributed by atoms with Crippen LogP contribution < -0.4 is 5.32 Å². The number of hydrogen-bond donors (Lipinski definition) is 2. The van der Waals surface area contributed by atoms with Crippen LogP contribution in [0.5, 0.6) is 0 Å². The van der Waals surface area contributed by atoms with Crippen molar-refractivity contribution in [1.29, 1.82) is 0 Å². The van der Waals surface area contributed by atoms with E-state index < -0.39 is 0 Å². The van der Waals surface area contributed by atoms with Gasteiger partial charge < -0.3 is 10.4 Å². The SMILES string of the molecule is C#C/C=C\CC1CCCC2(CCCC(O)C2/C=C\C#C)N1. The topological polar surface area (TPSA) is 32.3 Å². The van der Waals surface area contributed by atoms with Crippen LogP contribution in [0.3, 0.4) is 0 Å². The van der Waals surface area contributed by atoms with Gasteiger partial charge in [-0.15, -0.1) is 12.8 Å². The van der Waals surface area contributed by atoms with Crippen LogP contribution in [-0.2, 0) is 0 Å². The van der Waals surface area contributed by atoms with Crippen LogP contribution >= 0.6 is 0 Å². The van der Waals surface area contributed by atoms with E-state index in [0.29, 0.717) is 6.04 Å². The lowest BCUT2D eigenvalue weighted by Gasteiger charge is -2.51. The minimum Gasteiger partial charge on any atom is -0.392 e. The summed E-state index contributed by atoms with van der Waals surface area (Å²) in [5.74, 6) is 5.21. The highest BCUT2D eigenvalue weighted by molar-refractivity contribution is 5.18. The molecule has 2 aliphatic rings. The summed E-state index contributed by atoms with van der Waals surface area (Å²) in [5, 5.41) is 14.2. The molecule has 1 saturated carbocycles. The minimum absolute atomic E-state index is 0.00207. The molecule has 112 valence electrons. The monoisotopic (exact) mass is 283 g/mol. The Hall–Kier alpha value is -1.48. The second-order valence-electron chi connectivity index (χ2n) is 6.21. The Bertz CT molecular complexity index is 475. The fraction of sp³-hybridized carbons (Fsp3) is 0.579. The van der Waals surface area contributed by atoms with E-state index in [2.05, 4.69) is 23.2 Å². The number of hydrogen-bond acceptors (Lipinski definition) is 2. The molecule has 2 heteroatoms. The fourth-order valence-corrected chi connectivity index (χ4v) is 3.96. The van der Waals surface area contributed by atoms with E-state index in [0.717, 1.165) is 32.1 Å². The van der Waals surface area contributed by atoms with Crippen molar-refractivity contribution in [3.63, 3.8) is 0 Å². The molecule has 0 aromatic carbocycles. The molecule has 21 heavy (non-hydrogen) atoms. The molecule has 2 nitrogen and oxygen atoms in total. The molecule has 2 rings (SSSR count). The molecular weight excluding hydrogens is 258 g/mol. The summed E-state index contributed by atoms with van der Waals surface area (Å²) in [7, 11) is 0. The molecule has 2 fully saturated rings. The van der Waals surface area contributed by atoms with E-state index in [1.54, 1.807) is 12.2 Å². The first-order valence-electron chi connectivity index (χ1n) is 7.91. The lowest BCUT2D eigenvalue weighted by atomic mass is 9.66. The molecule has 0 aromatic heterocycles. The molecule has 1 aliphatic carbocycles. The molecule has 0 bridgehead atoms. The summed E-state index contributed by atoms with van der Waals surface area (Å²) in [6.45, 7) is 0. The Morgan fingerprint density at radius 3 is 2.57 bits per heavy atom. The third-order valence-corrected chi connectivity index (χ3v) is 4.88. The van der Waals surface area contributed by atoms with Gasteiger partial charge in [0.2, 0.25) is 0 Å². The zero-order valence-corrected chi connectivity index (χ0v) is 12.6. The number of nitrogens with one attached hydrogen (secondary N) is 1. The van der Waals surface area contributed by atoms with Crippen LogP contribution in [0, 0.1) is 30.6 Å². The molecule has 0 aromatic rings. The standard InChI is InChI=1S/C19H25NO/c1-3-5-7-10-16-11-8-14-19(20-16)15-9-13-18(21)17(19)12-6-4-2/h1-2,5-7,12,16-18,20-21H,8-11,13-15H2/b7-5-,12-6-. The van der Waals surface area contributed by atoms with Crippen molar-refractivity contribution in [3.05, 3.63) is 24.3 Å². The van der Waals surface area contributed by atoms with Crippen molar-refractivity contribution in [2.24, 2.45) is 5.92 Å². The maximum absolute atomic E-state index is 10.4. The Morgan fingerprint density at radius 1 is 1.14 bits per heavy atom. The van der Waals surface area contributed by atoms with Crippen molar-refractivity contribution in [1.82, 2.24) is 5.32 Å². The Balaban J connectivity index is 2.13. The first-order valence-corrected chi connectivity index (χ1v) is 7.91. The maximum Gasteiger partial charge on any atom is 0.0620 e. The van der Waals surface area contributed by atoms with Crippen molar-refractivity contribution in [2.75, 3.05) is 0 Å². The van der Waals surface area contributed by atoms with Crippen LogP contribution in [0.2, 0.25) is 0 Å². The zero-order chi connectivity index (χ0) is 15.1. The van der Waals surface area contributed by atoms with Gasteiger partial charge >= 0.3 is 0 Å². The molecule has 4 atom stereocenters. The first kappa shape index (κ1) is 15.9. The highest BCUT2D eigenvalue weighted by atomic mass is 16.3. The lowest BCUT2D eigenvalue weighted by molar-refractivity contribution is 0.00394. The molecular formula is C19H25NO. The van der Waals surface area contributed by atoms with E-state index in [1.165, 1.54) is 12.8 Å². The van der Waals surface area contributed by atoms with Gasteiger partial charge in [-0.05, 0) is 50.7 Å². The molecule has 0 radical (unpaired) electrons. The largest absolute Gasteiger partial charge is 0.392 e. The molecule has 1 aliphatic heterocycles. The van der Waals surface area contributed by atoms with Gasteiger partial charge in [0.15, 0.2) is 0 Å². The maximum atomic E-state index is 10.4. The summed E-state index contributed by atoms with van der Waals surface area (Å²) in [6, 6.07) is 0.440. The minimum atomic E-state index is -0.296. The number of aliphatic hydroxyl groups excluding tert-OH is 1. The summed E-state index contributed by atoms with van der Waals surface area (Å²) < 4.78 is 0. The van der Waals surface area contributed by atoms with Gasteiger partial charge in [-0.25, -0.2) is 0 Å². The Labute approximate surface area is 128 Å². The summed E-state index contributed by atoms with van der Waals surface area (Å²) in [6.07, 6.45) is 25.4. The van der Waals surface area contributed by atoms with Crippen LogP contribution in [0.25, 0.3) is 0 Å². The third-order valence-electron chi connectivity index (χ3n) is 4.88. The highest BCUT2D eigenvalue weighted by Gasteiger charge is 2.45. The van der Waals surface area contributed by atoms with E-state index in [4.69, 9.17) is 12.8 Å². The molecule has 0 amide bonds. The summed E-state index contributed by atoms with van der Waals surface area (Å²) >= 11 is 0. The highest BCUT2D eigenvalue weighted by Crippen LogP contribution is 2.41. The summed E-state index contributed by atoms with van der Waals surface area (Å²) in [5.41, 5.74) is -0.00207.